The summed E-state index contributed by atoms with van der Waals surface area (Å²) in [4.78, 5) is 0. The van der Waals surface area contributed by atoms with Crippen LogP contribution in [0.2, 0.25) is 0 Å². The fourth-order valence-corrected chi connectivity index (χ4v) is 2.61. The minimum Gasteiger partial charge on any atom is -0.377 e. The molecule has 21 heavy (non-hydrogen) atoms. The molecule has 1 heterocycles. The highest BCUT2D eigenvalue weighted by atomic mass is 32.2. The average Bonchev–Trinajstić information content (AvgIpc) is 2.52. The van der Waals surface area contributed by atoms with Gasteiger partial charge in [0.05, 0.1) is 12.3 Å². The van der Waals surface area contributed by atoms with Crippen molar-refractivity contribution in [3.8, 4) is 0 Å². The van der Waals surface area contributed by atoms with Gasteiger partial charge in [0.2, 0.25) is 0 Å². The zero-order chi connectivity index (χ0) is 14.9. The van der Waals surface area contributed by atoms with E-state index >= 15 is 0 Å². The van der Waals surface area contributed by atoms with Crippen molar-refractivity contribution in [3.05, 3.63) is 42.0 Å². The van der Waals surface area contributed by atoms with E-state index in [1.807, 2.05) is 18.2 Å². The first-order valence-corrected chi connectivity index (χ1v) is 8.07. The fraction of sp³-hybridized carbons (Fsp3) is 0.375. The van der Waals surface area contributed by atoms with Gasteiger partial charge in [-0.05, 0) is 36.5 Å². The van der Waals surface area contributed by atoms with Crippen LogP contribution in [0.4, 0.5) is 0 Å². The van der Waals surface area contributed by atoms with Crippen molar-refractivity contribution in [2.45, 2.75) is 25.9 Å². The second kappa shape index (κ2) is 8.64. The van der Waals surface area contributed by atoms with E-state index in [4.69, 9.17) is 10.5 Å². The second-order valence-electron chi connectivity index (χ2n) is 4.85. The summed E-state index contributed by atoms with van der Waals surface area (Å²) in [5, 5.41) is 8.55. The summed E-state index contributed by atoms with van der Waals surface area (Å²) in [5.74, 6) is 0.866. The summed E-state index contributed by atoms with van der Waals surface area (Å²) in [6, 6.07) is 8.24. The van der Waals surface area contributed by atoms with Crippen LogP contribution in [-0.4, -0.2) is 23.2 Å². The van der Waals surface area contributed by atoms with Crippen LogP contribution in [0.3, 0.4) is 0 Å². The zero-order valence-corrected chi connectivity index (χ0v) is 12.9. The van der Waals surface area contributed by atoms with Gasteiger partial charge in [-0.25, -0.2) is 0 Å². The summed E-state index contributed by atoms with van der Waals surface area (Å²) < 4.78 is 5.70. The monoisotopic (exact) mass is 303 g/mol. The Bertz CT molecular complexity index is 540. The third kappa shape index (κ3) is 5.73. The number of nitrogens with two attached hydrogens (primary N) is 1. The molecule has 2 N–H and O–H groups in total. The van der Waals surface area contributed by atoms with E-state index in [9.17, 15) is 0 Å². The lowest BCUT2D eigenvalue weighted by Crippen LogP contribution is -2.15. The van der Waals surface area contributed by atoms with E-state index < -0.39 is 0 Å². The molecule has 0 atom stereocenters. The summed E-state index contributed by atoms with van der Waals surface area (Å²) >= 11 is 1.55. The molecule has 1 aromatic rings. The molecule has 1 aliphatic rings. The number of amidine groups is 1. The highest BCUT2D eigenvalue weighted by molar-refractivity contribution is 8.14. The van der Waals surface area contributed by atoms with Crippen molar-refractivity contribution >= 4 is 28.7 Å². The lowest BCUT2D eigenvalue weighted by atomic mass is 10.1. The number of thioether (sulfide) groups is 1. The number of hydrogen-bond donors (Lipinski definition) is 1. The molecular formula is C16H21N3OS. The Morgan fingerprint density at radius 2 is 2.24 bits per heavy atom. The molecule has 0 aromatic heterocycles. The van der Waals surface area contributed by atoms with E-state index in [-0.39, 0.29) is 0 Å². The Morgan fingerprint density at radius 3 is 3.00 bits per heavy atom. The maximum absolute atomic E-state index is 5.70. The van der Waals surface area contributed by atoms with Crippen molar-refractivity contribution in [1.29, 1.82) is 0 Å². The highest BCUT2D eigenvalue weighted by Crippen LogP contribution is 2.12. The molecule has 1 aromatic carbocycles. The van der Waals surface area contributed by atoms with E-state index in [1.165, 1.54) is 5.56 Å². The third-order valence-corrected chi connectivity index (χ3v) is 3.99. The third-order valence-electron chi connectivity index (χ3n) is 3.14. The molecule has 0 saturated carbocycles. The fourth-order valence-electron chi connectivity index (χ4n) is 1.99. The van der Waals surface area contributed by atoms with Crippen molar-refractivity contribution < 1.29 is 4.74 Å². The van der Waals surface area contributed by atoms with Crippen molar-refractivity contribution in [2.75, 3.05) is 12.4 Å². The van der Waals surface area contributed by atoms with Crippen LogP contribution < -0.4 is 5.73 Å². The molecule has 0 bridgehead atoms. The molecular weight excluding hydrogens is 282 g/mol. The van der Waals surface area contributed by atoms with Gasteiger partial charge < -0.3 is 10.5 Å². The smallest absolute Gasteiger partial charge is 0.180 e. The molecule has 4 nitrogen and oxygen atoms in total. The average molecular weight is 303 g/mol. The molecule has 0 spiro atoms. The highest BCUT2D eigenvalue weighted by Gasteiger charge is 2.07. The van der Waals surface area contributed by atoms with Crippen molar-refractivity contribution in [3.63, 3.8) is 0 Å². The Morgan fingerprint density at radius 1 is 1.33 bits per heavy atom. The van der Waals surface area contributed by atoms with Crippen LogP contribution in [0.1, 0.15) is 30.4 Å². The molecule has 0 amide bonds. The quantitative estimate of drug-likeness (QED) is 0.748. The van der Waals surface area contributed by atoms with Crippen LogP contribution in [0.15, 0.2) is 41.0 Å². The summed E-state index contributed by atoms with van der Waals surface area (Å²) in [6.07, 6.45) is 4.92. The summed E-state index contributed by atoms with van der Waals surface area (Å²) in [6.45, 7) is 5.19. The van der Waals surface area contributed by atoms with E-state index in [0.717, 1.165) is 42.9 Å². The molecule has 0 saturated heterocycles. The Kier molecular flexibility index (Phi) is 6.50. The van der Waals surface area contributed by atoms with Crippen molar-refractivity contribution in [2.24, 2.45) is 15.9 Å². The molecule has 112 valence electrons. The number of nitrogens with zero attached hydrogens (tertiary/aromatic N) is 2. The number of hydrogen-bond acceptors (Lipinski definition) is 5. The van der Waals surface area contributed by atoms with Crippen LogP contribution >= 0.6 is 11.8 Å². The van der Waals surface area contributed by atoms with Crippen LogP contribution in [0.25, 0.3) is 6.08 Å². The van der Waals surface area contributed by atoms with Crippen LogP contribution in [0.5, 0.6) is 0 Å². The SMILES string of the molecule is C=Cc1cccc(COCCCCC2=NN=C(N)SC2)c1. The lowest BCUT2D eigenvalue weighted by molar-refractivity contribution is 0.117. The largest absolute Gasteiger partial charge is 0.377 e. The van der Waals surface area contributed by atoms with E-state index in [1.54, 1.807) is 11.8 Å². The van der Waals surface area contributed by atoms with E-state index in [0.29, 0.717) is 11.8 Å². The van der Waals surface area contributed by atoms with Gasteiger partial charge in [0.1, 0.15) is 0 Å². The molecule has 1 aliphatic heterocycles. The number of unbranched alkanes of at least 4 members (excludes halogenated alkanes) is 1. The van der Waals surface area contributed by atoms with Gasteiger partial charge >= 0.3 is 0 Å². The van der Waals surface area contributed by atoms with Gasteiger partial charge in [0.25, 0.3) is 0 Å². The summed E-state index contributed by atoms with van der Waals surface area (Å²) in [5.41, 5.74) is 8.98. The van der Waals surface area contributed by atoms with Crippen molar-refractivity contribution in [1.82, 2.24) is 0 Å². The topological polar surface area (TPSA) is 60.0 Å². The minimum absolute atomic E-state index is 0.559. The maximum atomic E-state index is 5.70. The Hall–Kier alpha value is -1.59. The van der Waals surface area contributed by atoms with Gasteiger partial charge in [-0.2, -0.15) is 5.10 Å². The number of rotatable bonds is 8. The lowest BCUT2D eigenvalue weighted by Gasteiger charge is -2.09. The first kappa shape index (κ1) is 15.8. The molecule has 5 heteroatoms. The van der Waals surface area contributed by atoms with Gasteiger partial charge in [0, 0.05) is 12.4 Å². The summed E-state index contributed by atoms with van der Waals surface area (Å²) in [7, 11) is 0. The zero-order valence-electron chi connectivity index (χ0n) is 12.1. The predicted molar refractivity (Wildman–Crippen MR) is 91.6 cm³/mol. The number of benzene rings is 1. The van der Waals surface area contributed by atoms with Crippen LogP contribution in [0, 0.1) is 0 Å². The first-order valence-electron chi connectivity index (χ1n) is 7.08. The predicted octanol–water partition coefficient (Wildman–Crippen LogP) is 3.43. The molecule has 0 radical (unpaired) electrons. The van der Waals surface area contributed by atoms with E-state index in [2.05, 4.69) is 28.9 Å². The Labute approximate surface area is 130 Å². The van der Waals surface area contributed by atoms with Gasteiger partial charge in [-0.15, -0.1) is 5.10 Å². The number of ether oxygens (including phenoxy) is 1. The Balaban J connectivity index is 1.59. The van der Waals surface area contributed by atoms with Gasteiger partial charge in [0.15, 0.2) is 5.17 Å². The molecule has 2 rings (SSSR count). The maximum Gasteiger partial charge on any atom is 0.180 e. The van der Waals surface area contributed by atoms with Gasteiger partial charge in [-0.3, -0.25) is 0 Å². The first-order chi connectivity index (χ1) is 10.3. The normalized spacial score (nSPS) is 14.5. The standard InChI is InChI=1S/C16H21N3OS/c1-2-13-6-5-7-14(10-13)11-20-9-4-3-8-15-12-21-16(17)19-18-15/h2,5-7,10H,1,3-4,8-9,11-12H2,(H2,17,19). The van der Waals surface area contributed by atoms with Crippen LogP contribution in [-0.2, 0) is 11.3 Å². The molecule has 0 unspecified atom stereocenters. The molecule has 0 aliphatic carbocycles. The molecule has 0 fully saturated rings. The minimum atomic E-state index is 0.559. The van der Waals surface area contributed by atoms with Gasteiger partial charge in [-0.1, -0.05) is 42.6 Å². The second-order valence-corrected chi connectivity index (χ2v) is 5.85.